The van der Waals surface area contributed by atoms with Gasteiger partial charge < -0.3 is 9.84 Å². The largest absolute Gasteiger partial charge is 0.493 e. The summed E-state index contributed by atoms with van der Waals surface area (Å²) in [5.74, 6) is 0.0971. The van der Waals surface area contributed by atoms with Crippen molar-refractivity contribution >= 4 is 5.97 Å². The smallest absolute Gasteiger partial charge is 0.307 e. The van der Waals surface area contributed by atoms with E-state index in [0.29, 0.717) is 0 Å². The van der Waals surface area contributed by atoms with Crippen LogP contribution in [0.1, 0.15) is 31.4 Å². The van der Waals surface area contributed by atoms with Crippen LogP contribution in [0.3, 0.4) is 0 Å². The highest BCUT2D eigenvalue weighted by molar-refractivity contribution is 5.70. The molecule has 16 heavy (non-hydrogen) atoms. The topological polar surface area (TPSA) is 46.5 Å². The molecule has 2 rings (SSSR count). The molecule has 86 valence electrons. The lowest BCUT2D eigenvalue weighted by Crippen LogP contribution is -2.26. The van der Waals surface area contributed by atoms with Crippen molar-refractivity contribution in [1.29, 1.82) is 0 Å². The molecule has 0 saturated heterocycles. The highest BCUT2D eigenvalue weighted by Gasteiger charge is 2.28. The van der Waals surface area contributed by atoms with Gasteiger partial charge in [0.2, 0.25) is 0 Å². The Bertz CT molecular complexity index is 421. The normalized spacial score (nSPS) is 17.4. The van der Waals surface area contributed by atoms with Gasteiger partial charge in [-0.2, -0.15) is 0 Å². The Morgan fingerprint density at radius 1 is 1.50 bits per heavy atom. The van der Waals surface area contributed by atoms with E-state index in [4.69, 9.17) is 9.84 Å². The maximum absolute atomic E-state index is 10.7. The SMILES string of the molecule is CC1(C)CCOc2ccc(CC(=O)O)cc21. The summed E-state index contributed by atoms with van der Waals surface area (Å²) in [6.45, 7) is 5.07. The van der Waals surface area contributed by atoms with E-state index in [1.54, 1.807) is 0 Å². The number of hydrogen-bond donors (Lipinski definition) is 1. The summed E-state index contributed by atoms with van der Waals surface area (Å²) in [5.41, 5.74) is 2.03. The molecule has 1 aliphatic rings. The minimum atomic E-state index is -0.797. The van der Waals surface area contributed by atoms with Gasteiger partial charge >= 0.3 is 5.97 Å². The van der Waals surface area contributed by atoms with Crippen LogP contribution in [0.5, 0.6) is 5.75 Å². The van der Waals surface area contributed by atoms with E-state index in [1.165, 1.54) is 0 Å². The number of ether oxygens (including phenoxy) is 1. The molecule has 3 heteroatoms. The number of aliphatic carboxylic acids is 1. The van der Waals surface area contributed by atoms with Gasteiger partial charge in [-0.15, -0.1) is 0 Å². The Balaban J connectivity index is 2.39. The van der Waals surface area contributed by atoms with Crippen LogP contribution in [0.15, 0.2) is 18.2 Å². The Labute approximate surface area is 95.0 Å². The highest BCUT2D eigenvalue weighted by Crippen LogP contribution is 2.38. The van der Waals surface area contributed by atoms with Crippen molar-refractivity contribution in [2.75, 3.05) is 6.61 Å². The third-order valence-electron chi connectivity index (χ3n) is 3.11. The van der Waals surface area contributed by atoms with Crippen molar-refractivity contribution in [3.8, 4) is 5.75 Å². The summed E-state index contributed by atoms with van der Waals surface area (Å²) in [6, 6.07) is 5.67. The molecule has 3 nitrogen and oxygen atoms in total. The van der Waals surface area contributed by atoms with Gasteiger partial charge in [-0.1, -0.05) is 26.0 Å². The van der Waals surface area contributed by atoms with Crippen LogP contribution in [0, 0.1) is 0 Å². The fraction of sp³-hybridized carbons (Fsp3) is 0.462. The Kier molecular flexibility index (Phi) is 2.62. The first-order valence-electron chi connectivity index (χ1n) is 5.47. The molecule has 1 aromatic carbocycles. The quantitative estimate of drug-likeness (QED) is 0.832. The Hall–Kier alpha value is -1.51. The number of carbonyl (C=O) groups is 1. The van der Waals surface area contributed by atoms with Crippen molar-refractivity contribution in [1.82, 2.24) is 0 Å². The van der Waals surface area contributed by atoms with Crippen LogP contribution in [0.2, 0.25) is 0 Å². The first kappa shape index (κ1) is 11.0. The summed E-state index contributed by atoms with van der Waals surface area (Å²) in [4.78, 5) is 10.7. The summed E-state index contributed by atoms with van der Waals surface area (Å²) in [5, 5.41) is 8.77. The van der Waals surface area contributed by atoms with E-state index in [1.807, 2.05) is 18.2 Å². The van der Waals surface area contributed by atoms with Crippen LogP contribution in [0.4, 0.5) is 0 Å². The molecule has 1 heterocycles. The number of fused-ring (bicyclic) bond motifs is 1. The average molecular weight is 220 g/mol. The molecule has 0 amide bonds. The van der Waals surface area contributed by atoms with Crippen LogP contribution in [0.25, 0.3) is 0 Å². The monoisotopic (exact) mass is 220 g/mol. The summed E-state index contributed by atoms with van der Waals surface area (Å²) < 4.78 is 5.57. The molecule has 0 atom stereocenters. The fourth-order valence-electron chi connectivity index (χ4n) is 2.07. The molecule has 0 saturated carbocycles. The predicted octanol–water partition coefficient (Wildman–Crippen LogP) is 2.37. The molecule has 1 aliphatic heterocycles. The Morgan fingerprint density at radius 3 is 2.94 bits per heavy atom. The summed E-state index contributed by atoms with van der Waals surface area (Å²) >= 11 is 0. The molecule has 0 spiro atoms. The number of carboxylic acids is 1. The van der Waals surface area contributed by atoms with Crippen molar-refractivity contribution in [2.24, 2.45) is 0 Å². The van der Waals surface area contributed by atoms with Crippen molar-refractivity contribution in [3.05, 3.63) is 29.3 Å². The average Bonchev–Trinajstić information content (AvgIpc) is 2.18. The molecule has 0 aromatic heterocycles. The van der Waals surface area contributed by atoms with Gasteiger partial charge in [0.1, 0.15) is 5.75 Å². The van der Waals surface area contributed by atoms with E-state index < -0.39 is 5.97 Å². The van der Waals surface area contributed by atoms with E-state index in [9.17, 15) is 4.79 Å². The first-order valence-corrected chi connectivity index (χ1v) is 5.47. The van der Waals surface area contributed by atoms with Crippen molar-refractivity contribution < 1.29 is 14.6 Å². The lowest BCUT2D eigenvalue weighted by molar-refractivity contribution is -0.136. The zero-order chi connectivity index (χ0) is 11.8. The minimum Gasteiger partial charge on any atom is -0.493 e. The van der Waals surface area contributed by atoms with Crippen LogP contribution < -0.4 is 4.74 Å². The van der Waals surface area contributed by atoms with Crippen LogP contribution in [-0.2, 0) is 16.6 Å². The van der Waals surface area contributed by atoms with Crippen molar-refractivity contribution in [2.45, 2.75) is 32.1 Å². The van der Waals surface area contributed by atoms with E-state index in [-0.39, 0.29) is 11.8 Å². The van der Waals surface area contributed by atoms with Gasteiger partial charge in [0.05, 0.1) is 13.0 Å². The molecule has 1 aromatic rings. The van der Waals surface area contributed by atoms with Crippen LogP contribution >= 0.6 is 0 Å². The zero-order valence-corrected chi connectivity index (χ0v) is 9.62. The molecule has 1 N–H and O–H groups in total. The summed E-state index contributed by atoms with van der Waals surface area (Å²) in [7, 11) is 0. The maximum Gasteiger partial charge on any atom is 0.307 e. The van der Waals surface area contributed by atoms with Gasteiger partial charge in [-0.25, -0.2) is 0 Å². The maximum atomic E-state index is 10.7. The van der Waals surface area contributed by atoms with E-state index in [2.05, 4.69) is 13.8 Å². The second-order valence-corrected chi connectivity index (χ2v) is 4.88. The van der Waals surface area contributed by atoms with Gasteiger partial charge in [0.25, 0.3) is 0 Å². The number of hydrogen-bond acceptors (Lipinski definition) is 2. The predicted molar refractivity (Wildman–Crippen MR) is 60.9 cm³/mol. The second-order valence-electron chi connectivity index (χ2n) is 4.88. The zero-order valence-electron chi connectivity index (χ0n) is 9.62. The van der Waals surface area contributed by atoms with Gasteiger partial charge in [-0.05, 0) is 23.5 Å². The lowest BCUT2D eigenvalue weighted by Gasteiger charge is -2.32. The number of rotatable bonds is 2. The van der Waals surface area contributed by atoms with Gasteiger partial charge in [-0.3, -0.25) is 4.79 Å². The molecule has 0 unspecified atom stereocenters. The number of carboxylic acid groups (broad SMARTS) is 1. The minimum absolute atomic E-state index is 0.0715. The standard InChI is InChI=1S/C13H16O3/c1-13(2)5-6-16-11-4-3-9(7-10(11)13)8-12(14)15/h3-4,7H,5-6,8H2,1-2H3,(H,14,15). The third-order valence-corrected chi connectivity index (χ3v) is 3.11. The lowest BCUT2D eigenvalue weighted by atomic mass is 9.79. The molecule has 0 bridgehead atoms. The molecule has 0 radical (unpaired) electrons. The molecular weight excluding hydrogens is 204 g/mol. The number of benzene rings is 1. The third kappa shape index (κ3) is 2.03. The molecular formula is C13H16O3. The molecule has 0 aliphatic carbocycles. The highest BCUT2D eigenvalue weighted by atomic mass is 16.5. The first-order chi connectivity index (χ1) is 7.49. The van der Waals surface area contributed by atoms with Crippen molar-refractivity contribution in [3.63, 3.8) is 0 Å². The summed E-state index contributed by atoms with van der Waals surface area (Å²) in [6.07, 6.45) is 1.04. The van der Waals surface area contributed by atoms with E-state index >= 15 is 0 Å². The van der Waals surface area contributed by atoms with Gasteiger partial charge in [0, 0.05) is 5.56 Å². The molecule has 0 fully saturated rings. The van der Waals surface area contributed by atoms with Crippen LogP contribution in [-0.4, -0.2) is 17.7 Å². The van der Waals surface area contributed by atoms with Gasteiger partial charge in [0.15, 0.2) is 0 Å². The Morgan fingerprint density at radius 2 is 2.25 bits per heavy atom. The van der Waals surface area contributed by atoms with E-state index in [0.717, 1.165) is 29.9 Å². The fourth-order valence-corrected chi connectivity index (χ4v) is 2.07. The second kappa shape index (κ2) is 3.81.